The molecule has 1 saturated heterocycles. The number of nitrogens with one attached hydrogen (secondary N) is 1. The number of aryl methyl sites for hydroxylation is 1. The van der Waals surface area contributed by atoms with Crippen LogP contribution in [0.15, 0.2) is 6.07 Å². The second-order valence-electron chi connectivity index (χ2n) is 6.01. The van der Waals surface area contributed by atoms with Gasteiger partial charge in [-0.1, -0.05) is 0 Å². The summed E-state index contributed by atoms with van der Waals surface area (Å²) in [6.45, 7) is 6.33. The molecule has 5 heteroatoms. The first-order valence-corrected chi connectivity index (χ1v) is 8.22. The molecule has 20 heavy (non-hydrogen) atoms. The summed E-state index contributed by atoms with van der Waals surface area (Å²) in [5, 5.41) is 12.5. The summed E-state index contributed by atoms with van der Waals surface area (Å²) in [6, 6.07) is 2.69. The van der Waals surface area contributed by atoms with Gasteiger partial charge in [0.15, 0.2) is 0 Å². The van der Waals surface area contributed by atoms with E-state index in [0.717, 1.165) is 35.5 Å². The van der Waals surface area contributed by atoms with E-state index in [0.29, 0.717) is 4.88 Å². The lowest BCUT2D eigenvalue weighted by Gasteiger charge is -2.15. The van der Waals surface area contributed by atoms with Gasteiger partial charge in [0, 0.05) is 24.0 Å². The van der Waals surface area contributed by atoms with Crippen LogP contribution in [-0.4, -0.2) is 41.7 Å². The second-order valence-corrected chi connectivity index (χ2v) is 7.27. The fraction of sp³-hybridized carbons (Fsp3) is 0.667. The molecule has 0 aromatic carbocycles. The summed E-state index contributed by atoms with van der Waals surface area (Å²) in [5.41, 5.74) is 1.13. The quantitative estimate of drug-likeness (QED) is 0.845. The van der Waals surface area contributed by atoms with Gasteiger partial charge in [0.2, 0.25) is 0 Å². The van der Waals surface area contributed by atoms with Gasteiger partial charge in [-0.25, -0.2) is 4.79 Å². The van der Waals surface area contributed by atoms with Crippen LogP contribution in [0.3, 0.4) is 0 Å². The van der Waals surface area contributed by atoms with E-state index in [1.54, 1.807) is 6.07 Å². The first-order chi connectivity index (χ1) is 9.63. The Labute approximate surface area is 123 Å². The third-order valence-electron chi connectivity index (χ3n) is 4.36. The van der Waals surface area contributed by atoms with Crippen molar-refractivity contribution in [2.24, 2.45) is 5.92 Å². The number of likely N-dealkylation sites (tertiary alicyclic amines) is 1. The molecule has 2 N–H and O–H groups in total. The molecule has 1 aliphatic heterocycles. The molecule has 2 aliphatic rings. The number of hydrogen-bond acceptors (Lipinski definition) is 4. The van der Waals surface area contributed by atoms with Gasteiger partial charge in [-0.2, -0.15) is 0 Å². The lowest BCUT2D eigenvalue weighted by molar-refractivity contribution is 0.0702. The Bertz CT molecular complexity index is 496. The molecule has 0 spiro atoms. The van der Waals surface area contributed by atoms with E-state index >= 15 is 0 Å². The largest absolute Gasteiger partial charge is 0.477 e. The van der Waals surface area contributed by atoms with E-state index in [-0.39, 0.29) is 0 Å². The highest BCUT2D eigenvalue weighted by Crippen LogP contribution is 2.31. The minimum absolute atomic E-state index is 0.445. The van der Waals surface area contributed by atoms with Gasteiger partial charge in [-0.05, 0) is 56.8 Å². The third kappa shape index (κ3) is 3.22. The fourth-order valence-electron chi connectivity index (χ4n) is 3.01. The van der Waals surface area contributed by atoms with Crippen LogP contribution in [0, 0.1) is 12.8 Å². The molecule has 1 unspecified atom stereocenters. The monoisotopic (exact) mass is 294 g/mol. The Morgan fingerprint density at radius 3 is 2.95 bits per heavy atom. The lowest BCUT2D eigenvalue weighted by atomic mass is 10.1. The highest BCUT2D eigenvalue weighted by atomic mass is 32.1. The smallest absolute Gasteiger partial charge is 0.345 e. The number of thiophene rings is 1. The van der Waals surface area contributed by atoms with Crippen molar-refractivity contribution >= 4 is 17.3 Å². The molecule has 0 radical (unpaired) electrons. The van der Waals surface area contributed by atoms with Gasteiger partial charge in [-0.15, -0.1) is 11.3 Å². The number of carbonyl (C=O) groups is 1. The van der Waals surface area contributed by atoms with Crippen LogP contribution in [0.2, 0.25) is 0 Å². The van der Waals surface area contributed by atoms with Crippen LogP contribution >= 0.6 is 11.3 Å². The Morgan fingerprint density at radius 2 is 2.30 bits per heavy atom. The average molecular weight is 294 g/mol. The van der Waals surface area contributed by atoms with E-state index in [4.69, 9.17) is 5.11 Å². The van der Waals surface area contributed by atoms with Crippen molar-refractivity contribution in [3.05, 3.63) is 21.4 Å². The Morgan fingerprint density at radius 1 is 1.50 bits per heavy atom. The van der Waals surface area contributed by atoms with Gasteiger partial charge in [0.1, 0.15) is 4.88 Å². The van der Waals surface area contributed by atoms with Crippen molar-refractivity contribution < 1.29 is 9.90 Å². The van der Waals surface area contributed by atoms with Crippen LogP contribution in [0.4, 0.5) is 0 Å². The Kier molecular flexibility index (Phi) is 4.10. The zero-order valence-electron chi connectivity index (χ0n) is 11.9. The standard InChI is InChI=1S/C15H22N2O2S/c1-10-12(6-14(20-10)15(18)19)8-16-7-11-4-5-17(9-11)13-2-3-13/h6,11,13,16H,2-5,7-9H2,1H3,(H,18,19). The van der Waals surface area contributed by atoms with Gasteiger partial charge in [0.05, 0.1) is 0 Å². The third-order valence-corrected chi connectivity index (χ3v) is 5.44. The van der Waals surface area contributed by atoms with Crippen LogP contribution in [0.25, 0.3) is 0 Å². The van der Waals surface area contributed by atoms with Gasteiger partial charge < -0.3 is 15.3 Å². The number of aromatic carboxylic acids is 1. The normalized spacial score (nSPS) is 23.4. The van der Waals surface area contributed by atoms with Crippen molar-refractivity contribution in [2.75, 3.05) is 19.6 Å². The number of carboxylic acids is 1. The van der Waals surface area contributed by atoms with Gasteiger partial charge in [0.25, 0.3) is 0 Å². The van der Waals surface area contributed by atoms with Crippen molar-refractivity contribution in [1.29, 1.82) is 0 Å². The molecule has 1 aromatic heterocycles. The molecular weight excluding hydrogens is 272 g/mol. The maximum Gasteiger partial charge on any atom is 0.345 e. The second kappa shape index (κ2) is 5.84. The summed E-state index contributed by atoms with van der Waals surface area (Å²) in [6.07, 6.45) is 4.09. The number of rotatable bonds is 6. The molecular formula is C15H22N2O2S. The van der Waals surface area contributed by atoms with Gasteiger partial charge in [-0.3, -0.25) is 0 Å². The summed E-state index contributed by atoms with van der Waals surface area (Å²) in [7, 11) is 0. The molecule has 0 bridgehead atoms. The average Bonchev–Trinajstić information content (AvgIpc) is 3.04. The van der Waals surface area contributed by atoms with Crippen molar-refractivity contribution in [1.82, 2.24) is 10.2 Å². The zero-order chi connectivity index (χ0) is 14.1. The maximum atomic E-state index is 10.9. The predicted molar refractivity (Wildman–Crippen MR) is 80.4 cm³/mol. The molecule has 4 nitrogen and oxygen atoms in total. The highest BCUT2D eigenvalue weighted by Gasteiger charge is 2.33. The number of nitrogens with zero attached hydrogens (tertiary/aromatic N) is 1. The lowest BCUT2D eigenvalue weighted by Crippen LogP contribution is -2.27. The van der Waals surface area contributed by atoms with Crippen molar-refractivity contribution in [3.63, 3.8) is 0 Å². The van der Waals surface area contributed by atoms with E-state index in [1.165, 1.54) is 43.7 Å². The minimum atomic E-state index is -0.819. The molecule has 2 heterocycles. The molecule has 2 fully saturated rings. The number of hydrogen-bond donors (Lipinski definition) is 2. The molecule has 3 rings (SSSR count). The van der Waals surface area contributed by atoms with Crippen molar-refractivity contribution in [3.8, 4) is 0 Å². The molecule has 1 aromatic rings. The summed E-state index contributed by atoms with van der Waals surface area (Å²) in [5.74, 6) is -0.0614. The summed E-state index contributed by atoms with van der Waals surface area (Å²) in [4.78, 5) is 15.1. The molecule has 0 amide bonds. The molecule has 1 saturated carbocycles. The number of carboxylic acid groups (broad SMARTS) is 1. The van der Waals surface area contributed by atoms with E-state index < -0.39 is 5.97 Å². The fourth-order valence-corrected chi connectivity index (χ4v) is 3.89. The molecule has 1 aliphatic carbocycles. The Balaban J connectivity index is 1.44. The first kappa shape index (κ1) is 14.0. The summed E-state index contributed by atoms with van der Waals surface area (Å²) < 4.78 is 0. The molecule has 110 valence electrons. The minimum Gasteiger partial charge on any atom is -0.477 e. The predicted octanol–water partition coefficient (Wildman–Crippen LogP) is 2.33. The van der Waals surface area contributed by atoms with Crippen LogP contribution in [0.5, 0.6) is 0 Å². The van der Waals surface area contributed by atoms with Crippen LogP contribution in [-0.2, 0) is 6.54 Å². The topological polar surface area (TPSA) is 52.6 Å². The maximum absolute atomic E-state index is 10.9. The summed E-state index contributed by atoms with van der Waals surface area (Å²) >= 11 is 1.37. The van der Waals surface area contributed by atoms with Gasteiger partial charge >= 0.3 is 5.97 Å². The van der Waals surface area contributed by atoms with Crippen LogP contribution < -0.4 is 5.32 Å². The van der Waals surface area contributed by atoms with E-state index in [1.807, 2.05) is 6.92 Å². The highest BCUT2D eigenvalue weighted by molar-refractivity contribution is 7.14. The first-order valence-electron chi connectivity index (χ1n) is 7.41. The van der Waals surface area contributed by atoms with Crippen molar-refractivity contribution in [2.45, 2.75) is 38.8 Å². The van der Waals surface area contributed by atoms with Crippen LogP contribution in [0.1, 0.15) is 39.4 Å². The SMILES string of the molecule is Cc1sc(C(=O)O)cc1CNCC1CCN(C2CC2)C1. The Hall–Kier alpha value is -0.910. The van der Waals surface area contributed by atoms with E-state index in [2.05, 4.69) is 10.2 Å². The zero-order valence-corrected chi connectivity index (χ0v) is 12.7. The van der Waals surface area contributed by atoms with E-state index in [9.17, 15) is 4.79 Å². The molecule has 1 atom stereocenters.